The zero-order valence-corrected chi connectivity index (χ0v) is 22.1. The third-order valence-corrected chi connectivity index (χ3v) is 7.77. The van der Waals surface area contributed by atoms with Gasteiger partial charge in [-0.3, -0.25) is 4.79 Å². The number of benzene rings is 1. The Kier molecular flexibility index (Phi) is 7.18. The summed E-state index contributed by atoms with van der Waals surface area (Å²) in [6.07, 6.45) is 20.3. The molecule has 3 nitrogen and oxygen atoms in total. The number of ether oxygens (including phenoxy) is 1. The maximum Gasteiger partial charge on any atom is 0.162 e. The lowest BCUT2D eigenvalue weighted by Gasteiger charge is -2.35. The topological polar surface area (TPSA) is 29.5 Å². The number of likely N-dealkylation sites (tertiary alicyclic amines) is 1. The average molecular weight is 482 g/mol. The summed E-state index contributed by atoms with van der Waals surface area (Å²) >= 11 is 0. The van der Waals surface area contributed by atoms with Gasteiger partial charge < -0.3 is 9.64 Å². The maximum atomic E-state index is 12.9. The number of piperidine rings is 1. The lowest BCUT2D eigenvalue weighted by atomic mass is 9.86. The Bertz CT molecular complexity index is 1200. The summed E-state index contributed by atoms with van der Waals surface area (Å²) in [6.45, 7) is 9.24. The zero-order valence-electron chi connectivity index (χ0n) is 22.1. The highest BCUT2D eigenvalue weighted by molar-refractivity contribution is 5.96. The molecule has 2 heterocycles. The third-order valence-electron chi connectivity index (χ3n) is 7.77. The molecule has 2 aliphatic heterocycles. The van der Waals surface area contributed by atoms with Crippen LogP contribution in [0.25, 0.3) is 0 Å². The first kappa shape index (κ1) is 24.6. The SMILES string of the molecule is CC(C)(C)c1ccc(C(=O)CCCN2CCCCC2=C2CC=CC3=C2OCC2=CC=CCC2=C3)cc1. The molecule has 3 heteroatoms. The van der Waals surface area contributed by atoms with Crippen LogP contribution in [0.3, 0.4) is 0 Å². The molecule has 0 amide bonds. The molecule has 4 aliphatic rings. The van der Waals surface area contributed by atoms with Gasteiger partial charge in [-0.15, -0.1) is 0 Å². The van der Waals surface area contributed by atoms with E-state index in [-0.39, 0.29) is 11.2 Å². The van der Waals surface area contributed by atoms with Crippen LogP contribution in [0.5, 0.6) is 0 Å². The van der Waals surface area contributed by atoms with E-state index >= 15 is 0 Å². The van der Waals surface area contributed by atoms with Crippen molar-refractivity contribution in [1.29, 1.82) is 0 Å². The van der Waals surface area contributed by atoms with E-state index in [9.17, 15) is 4.79 Å². The van der Waals surface area contributed by atoms with Crippen molar-refractivity contribution < 1.29 is 9.53 Å². The Balaban J connectivity index is 1.28. The number of ketones is 1. The number of rotatable bonds is 5. The third kappa shape index (κ3) is 5.36. The van der Waals surface area contributed by atoms with Crippen molar-refractivity contribution >= 4 is 5.78 Å². The summed E-state index contributed by atoms with van der Waals surface area (Å²) in [5.74, 6) is 1.31. The predicted molar refractivity (Wildman–Crippen MR) is 148 cm³/mol. The summed E-state index contributed by atoms with van der Waals surface area (Å²) in [7, 11) is 0. The van der Waals surface area contributed by atoms with E-state index in [0.29, 0.717) is 13.0 Å². The average Bonchev–Trinajstić information content (AvgIpc) is 3.08. The van der Waals surface area contributed by atoms with E-state index in [1.165, 1.54) is 46.4 Å². The Morgan fingerprint density at radius 3 is 2.67 bits per heavy atom. The van der Waals surface area contributed by atoms with E-state index in [1.807, 2.05) is 12.1 Å². The molecule has 1 aromatic carbocycles. The molecule has 0 spiro atoms. The number of hydrogen-bond acceptors (Lipinski definition) is 3. The number of nitrogens with zero attached hydrogens (tertiary/aromatic N) is 1. The van der Waals surface area contributed by atoms with E-state index in [1.54, 1.807) is 0 Å². The number of hydrogen-bond donors (Lipinski definition) is 0. The molecular formula is C33H39NO2. The molecule has 0 radical (unpaired) electrons. The van der Waals surface area contributed by atoms with Crippen LogP contribution >= 0.6 is 0 Å². The number of carbonyl (C=O) groups is 1. The molecule has 5 rings (SSSR count). The van der Waals surface area contributed by atoms with E-state index < -0.39 is 0 Å². The van der Waals surface area contributed by atoms with Gasteiger partial charge in [0.15, 0.2) is 5.78 Å². The number of allylic oxidation sites excluding steroid dienone is 9. The minimum atomic E-state index is 0.104. The lowest BCUT2D eigenvalue weighted by Crippen LogP contribution is -2.31. The molecular weight excluding hydrogens is 442 g/mol. The zero-order chi connectivity index (χ0) is 25.1. The quantitative estimate of drug-likeness (QED) is 0.403. The van der Waals surface area contributed by atoms with Crippen molar-refractivity contribution in [3.8, 4) is 0 Å². The van der Waals surface area contributed by atoms with Gasteiger partial charge in [0.05, 0.1) is 0 Å². The fraction of sp³-hybridized carbons (Fsp3) is 0.424. The second kappa shape index (κ2) is 10.5. The molecule has 1 fully saturated rings. The minimum Gasteiger partial charge on any atom is -0.488 e. The molecule has 0 saturated carbocycles. The Labute approximate surface area is 216 Å². The fourth-order valence-corrected chi connectivity index (χ4v) is 5.63. The smallest absolute Gasteiger partial charge is 0.162 e. The first-order valence-corrected chi connectivity index (χ1v) is 13.6. The summed E-state index contributed by atoms with van der Waals surface area (Å²) in [5.41, 5.74) is 8.84. The van der Waals surface area contributed by atoms with Crippen LogP contribution in [0, 0.1) is 0 Å². The van der Waals surface area contributed by atoms with E-state index in [4.69, 9.17) is 4.74 Å². The molecule has 36 heavy (non-hydrogen) atoms. The van der Waals surface area contributed by atoms with Gasteiger partial charge in [-0.1, -0.05) is 75.4 Å². The normalized spacial score (nSPS) is 21.8. The Morgan fingerprint density at radius 1 is 1.03 bits per heavy atom. The van der Waals surface area contributed by atoms with Gasteiger partial charge >= 0.3 is 0 Å². The van der Waals surface area contributed by atoms with Gasteiger partial charge in [0.2, 0.25) is 0 Å². The predicted octanol–water partition coefficient (Wildman–Crippen LogP) is 7.74. The Hall–Kier alpha value is -3.07. The standard InChI is InChI=1S/C33H39NO2/c1-33(2,3)28-18-16-24(17-19-28)31(35)15-9-21-34-20-7-6-14-30(34)29-13-8-12-26-22-25-10-4-5-11-27(25)23-36-32(26)29/h4-5,8,11-12,16-19,22H,6-7,9-10,13-15,20-21,23H2,1-3H3. The molecule has 0 unspecified atom stereocenters. The van der Waals surface area contributed by atoms with Gasteiger partial charge in [-0.2, -0.15) is 0 Å². The molecule has 0 bridgehead atoms. The largest absolute Gasteiger partial charge is 0.488 e. The second-order valence-corrected chi connectivity index (χ2v) is 11.4. The second-order valence-electron chi connectivity index (χ2n) is 11.4. The monoisotopic (exact) mass is 481 g/mol. The molecule has 2 aliphatic carbocycles. The molecule has 0 N–H and O–H groups in total. The highest BCUT2D eigenvalue weighted by Gasteiger charge is 2.26. The molecule has 1 aromatic rings. The van der Waals surface area contributed by atoms with Crippen LogP contribution in [0.15, 0.2) is 94.5 Å². The van der Waals surface area contributed by atoms with Crippen LogP contribution in [-0.4, -0.2) is 30.4 Å². The van der Waals surface area contributed by atoms with E-state index in [0.717, 1.165) is 50.1 Å². The van der Waals surface area contributed by atoms with Gasteiger partial charge in [-0.25, -0.2) is 0 Å². The molecule has 1 saturated heterocycles. The van der Waals surface area contributed by atoms with Gasteiger partial charge in [0.25, 0.3) is 0 Å². The van der Waals surface area contributed by atoms with Crippen LogP contribution < -0.4 is 0 Å². The number of carbonyl (C=O) groups excluding carboxylic acids is 1. The van der Waals surface area contributed by atoms with Crippen LogP contribution in [-0.2, 0) is 10.2 Å². The molecule has 188 valence electrons. The highest BCUT2D eigenvalue weighted by Crippen LogP contribution is 2.38. The van der Waals surface area contributed by atoms with Crippen molar-refractivity contribution in [2.24, 2.45) is 0 Å². The summed E-state index contributed by atoms with van der Waals surface area (Å²) < 4.78 is 6.46. The molecule has 0 atom stereocenters. The summed E-state index contributed by atoms with van der Waals surface area (Å²) in [6, 6.07) is 8.21. The fourth-order valence-electron chi connectivity index (χ4n) is 5.63. The van der Waals surface area contributed by atoms with Crippen molar-refractivity contribution in [2.75, 3.05) is 19.7 Å². The first-order valence-electron chi connectivity index (χ1n) is 13.6. The van der Waals surface area contributed by atoms with Crippen molar-refractivity contribution in [1.82, 2.24) is 4.90 Å². The minimum absolute atomic E-state index is 0.104. The van der Waals surface area contributed by atoms with Crippen LogP contribution in [0.4, 0.5) is 0 Å². The van der Waals surface area contributed by atoms with Gasteiger partial charge in [0, 0.05) is 41.9 Å². The Morgan fingerprint density at radius 2 is 1.86 bits per heavy atom. The van der Waals surface area contributed by atoms with Gasteiger partial charge in [0.1, 0.15) is 12.4 Å². The maximum absolute atomic E-state index is 12.9. The first-order chi connectivity index (χ1) is 17.4. The van der Waals surface area contributed by atoms with Crippen LogP contribution in [0.1, 0.15) is 81.6 Å². The number of fused-ring (bicyclic) bond motifs is 1. The van der Waals surface area contributed by atoms with Crippen molar-refractivity contribution in [3.05, 3.63) is 106 Å². The number of Topliss-reactive ketones (excluding diaryl/α,β-unsaturated/α-hetero) is 1. The lowest BCUT2D eigenvalue weighted by molar-refractivity contribution is 0.0975. The van der Waals surface area contributed by atoms with Gasteiger partial charge in [-0.05, 0) is 66.7 Å². The molecule has 0 aromatic heterocycles. The van der Waals surface area contributed by atoms with E-state index in [2.05, 4.69) is 74.3 Å². The highest BCUT2D eigenvalue weighted by atomic mass is 16.5. The summed E-state index contributed by atoms with van der Waals surface area (Å²) in [4.78, 5) is 15.4. The summed E-state index contributed by atoms with van der Waals surface area (Å²) in [5, 5.41) is 0. The van der Waals surface area contributed by atoms with Crippen molar-refractivity contribution in [3.63, 3.8) is 0 Å². The van der Waals surface area contributed by atoms with Crippen LogP contribution in [0.2, 0.25) is 0 Å². The van der Waals surface area contributed by atoms with Crippen molar-refractivity contribution in [2.45, 2.75) is 71.1 Å².